The minimum Gasteiger partial charge on any atom is -0.366 e. The minimum absolute atomic E-state index is 0.0288. The van der Waals surface area contributed by atoms with Crippen molar-refractivity contribution in [3.05, 3.63) is 47.0 Å². The summed E-state index contributed by atoms with van der Waals surface area (Å²) in [4.78, 5) is 23.1. The highest BCUT2D eigenvalue weighted by Gasteiger charge is 2.13. The van der Waals surface area contributed by atoms with Crippen LogP contribution >= 0.6 is 0 Å². The van der Waals surface area contributed by atoms with E-state index < -0.39 is 17.8 Å². The normalized spacial score (nSPS) is 11.8. The summed E-state index contributed by atoms with van der Waals surface area (Å²) in [6, 6.07) is 5.09. The monoisotopic (exact) mass is 333 g/mol. The zero-order valence-corrected chi connectivity index (χ0v) is 13.8. The van der Waals surface area contributed by atoms with E-state index in [-0.39, 0.29) is 17.3 Å². The maximum atomic E-state index is 13.4. The average Bonchev–Trinajstić information content (AvgIpc) is 2.85. The van der Waals surface area contributed by atoms with E-state index in [2.05, 4.69) is 15.7 Å². The molecule has 0 aliphatic heterocycles. The highest BCUT2D eigenvalue weighted by Crippen LogP contribution is 2.14. The lowest BCUT2D eigenvalue weighted by Gasteiger charge is -2.15. The Hall–Kier alpha value is -2.90. The molecule has 0 unspecified atom stereocenters. The Morgan fingerprint density at radius 3 is 2.62 bits per heavy atom. The van der Waals surface area contributed by atoms with Crippen molar-refractivity contribution in [3.8, 4) is 0 Å². The minimum atomic E-state index is -0.894. The lowest BCUT2D eigenvalue weighted by atomic mass is 10.2. The van der Waals surface area contributed by atoms with Gasteiger partial charge in [0.25, 0.3) is 5.91 Å². The van der Waals surface area contributed by atoms with Crippen LogP contribution in [0.25, 0.3) is 0 Å². The van der Waals surface area contributed by atoms with Crippen molar-refractivity contribution >= 4 is 17.6 Å². The molecule has 3 amide bonds. The van der Waals surface area contributed by atoms with Crippen molar-refractivity contribution in [2.75, 3.05) is 11.9 Å². The number of aryl methyl sites for hydroxylation is 2. The molecule has 7 nitrogen and oxygen atoms in total. The van der Waals surface area contributed by atoms with E-state index in [4.69, 9.17) is 5.73 Å². The number of carbonyl (C=O) groups excluding carboxylic acids is 2. The SMILES string of the molecule is Cc1cc(C)n([C@H](C)CNC(=O)Nc2ccc(F)c(C(N)=O)c2)n1. The van der Waals surface area contributed by atoms with Crippen LogP contribution in [0.4, 0.5) is 14.9 Å². The van der Waals surface area contributed by atoms with Crippen LogP contribution in [0.15, 0.2) is 24.3 Å². The van der Waals surface area contributed by atoms with Crippen LogP contribution < -0.4 is 16.4 Å². The molecule has 2 aromatic rings. The molecule has 1 atom stereocenters. The van der Waals surface area contributed by atoms with E-state index in [1.807, 2.05) is 31.5 Å². The zero-order chi connectivity index (χ0) is 17.9. The number of hydrogen-bond acceptors (Lipinski definition) is 3. The summed E-state index contributed by atoms with van der Waals surface area (Å²) in [6.45, 7) is 6.14. The molecule has 24 heavy (non-hydrogen) atoms. The predicted molar refractivity (Wildman–Crippen MR) is 88.4 cm³/mol. The van der Waals surface area contributed by atoms with E-state index >= 15 is 0 Å². The van der Waals surface area contributed by atoms with Gasteiger partial charge in [0.15, 0.2) is 0 Å². The average molecular weight is 333 g/mol. The smallest absolute Gasteiger partial charge is 0.319 e. The van der Waals surface area contributed by atoms with Crippen molar-refractivity contribution < 1.29 is 14.0 Å². The first-order valence-electron chi connectivity index (χ1n) is 7.45. The Kier molecular flexibility index (Phi) is 5.18. The topological polar surface area (TPSA) is 102 Å². The lowest BCUT2D eigenvalue weighted by Crippen LogP contribution is -2.33. The fourth-order valence-electron chi connectivity index (χ4n) is 2.39. The standard InChI is InChI=1S/C16H20FN5O2/c1-9-6-10(2)22(21-9)11(3)8-19-16(24)20-12-4-5-14(17)13(7-12)15(18)23/h4-7,11H,8H2,1-3H3,(H2,18,23)(H2,19,20,24)/t11-/m1/s1. The number of amides is 3. The molecule has 0 saturated heterocycles. The second kappa shape index (κ2) is 7.12. The van der Waals surface area contributed by atoms with Gasteiger partial charge in [-0.2, -0.15) is 5.10 Å². The number of nitrogens with two attached hydrogens (primary N) is 1. The summed E-state index contributed by atoms with van der Waals surface area (Å²) in [7, 11) is 0. The summed E-state index contributed by atoms with van der Waals surface area (Å²) in [5, 5.41) is 9.61. The van der Waals surface area contributed by atoms with Gasteiger partial charge in [-0.3, -0.25) is 9.48 Å². The summed E-state index contributed by atoms with van der Waals surface area (Å²) < 4.78 is 15.2. The quantitative estimate of drug-likeness (QED) is 0.781. The van der Waals surface area contributed by atoms with Crippen molar-refractivity contribution in [2.24, 2.45) is 5.73 Å². The van der Waals surface area contributed by atoms with Crippen LogP contribution in [0.5, 0.6) is 0 Å². The molecular formula is C16H20FN5O2. The highest BCUT2D eigenvalue weighted by molar-refractivity contribution is 5.96. The highest BCUT2D eigenvalue weighted by atomic mass is 19.1. The third-order valence-corrected chi connectivity index (χ3v) is 3.51. The van der Waals surface area contributed by atoms with Crippen molar-refractivity contribution in [1.29, 1.82) is 0 Å². The van der Waals surface area contributed by atoms with Gasteiger partial charge < -0.3 is 16.4 Å². The number of anilines is 1. The van der Waals surface area contributed by atoms with E-state index in [0.29, 0.717) is 6.54 Å². The van der Waals surface area contributed by atoms with E-state index in [0.717, 1.165) is 17.5 Å². The Morgan fingerprint density at radius 2 is 2.04 bits per heavy atom. The van der Waals surface area contributed by atoms with Gasteiger partial charge >= 0.3 is 6.03 Å². The molecule has 8 heteroatoms. The molecule has 1 heterocycles. The Bertz CT molecular complexity index is 772. The van der Waals surface area contributed by atoms with Crippen LogP contribution in [-0.2, 0) is 0 Å². The van der Waals surface area contributed by atoms with E-state index in [1.54, 1.807) is 0 Å². The molecule has 0 radical (unpaired) electrons. The summed E-state index contributed by atoms with van der Waals surface area (Å²) in [5.41, 5.74) is 7.00. The number of benzene rings is 1. The third kappa shape index (κ3) is 4.09. The van der Waals surface area contributed by atoms with Gasteiger partial charge in [-0.25, -0.2) is 9.18 Å². The van der Waals surface area contributed by atoms with Crippen molar-refractivity contribution in [1.82, 2.24) is 15.1 Å². The number of primary amides is 1. The van der Waals surface area contributed by atoms with Gasteiger partial charge in [0.05, 0.1) is 17.3 Å². The Balaban J connectivity index is 1.95. The molecule has 128 valence electrons. The number of carbonyl (C=O) groups is 2. The summed E-state index contributed by atoms with van der Waals surface area (Å²) in [6.07, 6.45) is 0. The molecule has 1 aromatic heterocycles. The Labute approximate surface area is 139 Å². The number of nitrogens with zero attached hydrogens (tertiary/aromatic N) is 2. The molecule has 0 spiro atoms. The molecule has 0 saturated carbocycles. The first-order chi connectivity index (χ1) is 11.3. The number of halogens is 1. The molecule has 0 fully saturated rings. The molecule has 0 bridgehead atoms. The number of nitrogens with one attached hydrogen (secondary N) is 2. The van der Waals surface area contributed by atoms with Gasteiger partial charge in [-0.05, 0) is 45.0 Å². The Morgan fingerprint density at radius 1 is 1.33 bits per heavy atom. The molecule has 4 N–H and O–H groups in total. The fourth-order valence-corrected chi connectivity index (χ4v) is 2.39. The fraction of sp³-hybridized carbons (Fsp3) is 0.312. The number of urea groups is 1. The predicted octanol–water partition coefficient (Wildman–Crippen LogP) is 2.12. The van der Waals surface area contributed by atoms with Gasteiger partial charge in [0.1, 0.15) is 5.82 Å². The largest absolute Gasteiger partial charge is 0.366 e. The number of aromatic nitrogens is 2. The second-order valence-corrected chi connectivity index (χ2v) is 5.61. The van der Waals surface area contributed by atoms with Crippen molar-refractivity contribution in [2.45, 2.75) is 26.8 Å². The first-order valence-corrected chi connectivity index (χ1v) is 7.45. The second-order valence-electron chi connectivity index (χ2n) is 5.61. The van der Waals surface area contributed by atoms with E-state index in [9.17, 15) is 14.0 Å². The van der Waals surface area contributed by atoms with Gasteiger partial charge in [-0.15, -0.1) is 0 Å². The molecular weight excluding hydrogens is 313 g/mol. The maximum Gasteiger partial charge on any atom is 0.319 e. The van der Waals surface area contributed by atoms with Gasteiger partial charge in [-0.1, -0.05) is 0 Å². The molecule has 1 aromatic carbocycles. The maximum absolute atomic E-state index is 13.4. The van der Waals surface area contributed by atoms with Crippen LogP contribution in [0.1, 0.15) is 34.7 Å². The van der Waals surface area contributed by atoms with Crippen LogP contribution in [0, 0.1) is 19.7 Å². The lowest BCUT2D eigenvalue weighted by molar-refractivity contribution is 0.0996. The third-order valence-electron chi connectivity index (χ3n) is 3.51. The molecule has 2 rings (SSSR count). The summed E-state index contributed by atoms with van der Waals surface area (Å²) in [5.74, 6) is -1.62. The van der Waals surface area contributed by atoms with Gasteiger partial charge in [0.2, 0.25) is 0 Å². The summed E-state index contributed by atoms with van der Waals surface area (Å²) >= 11 is 0. The zero-order valence-electron chi connectivity index (χ0n) is 13.8. The van der Waals surface area contributed by atoms with Gasteiger partial charge in [0, 0.05) is 17.9 Å². The van der Waals surface area contributed by atoms with Crippen LogP contribution in [-0.4, -0.2) is 28.3 Å². The van der Waals surface area contributed by atoms with Crippen molar-refractivity contribution in [3.63, 3.8) is 0 Å². The van der Waals surface area contributed by atoms with E-state index in [1.165, 1.54) is 12.1 Å². The first kappa shape index (κ1) is 17.5. The number of rotatable bonds is 5. The molecule has 0 aliphatic carbocycles. The molecule has 0 aliphatic rings. The number of hydrogen-bond donors (Lipinski definition) is 3. The van der Waals surface area contributed by atoms with Crippen LogP contribution in [0.2, 0.25) is 0 Å². The van der Waals surface area contributed by atoms with Crippen LogP contribution in [0.3, 0.4) is 0 Å².